The van der Waals surface area contributed by atoms with Crippen molar-refractivity contribution in [3.8, 4) is 85.9 Å². The zero-order valence-electron chi connectivity index (χ0n) is 67.2. The molecule has 0 aliphatic rings. The van der Waals surface area contributed by atoms with Gasteiger partial charge < -0.3 is 45.8 Å². The number of hydrogen-bond acceptors (Lipinski definition) is 17. The van der Waals surface area contributed by atoms with Crippen molar-refractivity contribution in [2.24, 2.45) is 5.73 Å². The van der Waals surface area contributed by atoms with E-state index in [4.69, 9.17) is 41.6 Å². The number of amides is 2. The molecular formula is C98H105BBr3CuN8O7S4. The maximum atomic E-state index is 12.4. The molecule has 638 valence electrons. The number of benzene rings is 7. The summed E-state index contributed by atoms with van der Waals surface area (Å²) in [7, 11) is 4.94. The second-order valence-corrected chi connectivity index (χ2v) is 38.9. The molecule has 3 atom stereocenters. The van der Waals surface area contributed by atoms with Crippen molar-refractivity contribution in [1.82, 2.24) is 30.6 Å². The Labute approximate surface area is 767 Å². The van der Waals surface area contributed by atoms with Crippen molar-refractivity contribution in [2.45, 2.75) is 125 Å². The van der Waals surface area contributed by atoms with E-state index in [0.717, 1.165) is 88.6 Å². The molecule has 24 heteroatoms. The Balaban J connectivity index is 0.000000276. The van der Waals surface area contributed by atoms with Crippen LogP contribution in [0, 0.1) is 24.2 Å². The number of nitrogens with two attached hydrogens (primary N) is 2. The normalized spacial score (nSPS) is 11.2. The van der Waals surface area contributed by atoms with E-state index < -0.39 is 35.5 Å². The quantitative estimate of drug-likeness (QED) is 0.0466. The molecule has 0 saturated carbocycles. The van der Waals surface area contributed by atoms with Crippen LogP contribution in [-0.4, -0.2) is 91.2 Å². The number of carbonyl (C=O) groups excluding carboxylic acids is 2. The number of ether oxygens (including phenoxy) is 5. The first-order chi connectivity index (χ1) is 56.9. The number of alkyl carbamates (subject to hydrolysis) is 2. The number of rotatable bonds is 18. The van der Waals surface area contributed by atoms with Crippen LogP contribution in [0.4, 0.5) is 14.6 Å². The summed E-state index contributed by atoms with van der Waals surface area (Å²) < 4.78 is 27.3. The van der Waals surface area contributed by atoms with Gasteiger partial charge in [-0.3, -0.25) is 19.9 Å². The molecule has 0 saturated heterocycles. The van der Waals surface area contributed by atoms with Crippen molar-refractivity contribution in [1.29, 1.82) is 0 Å². The summed E-state index contributed by atoms with van der Waals surface area (Å²) in [6.07, 6.45) is 23.3. The van der Waals surface area contributed by atoms with Crippen molar-refractivity contribution in [2.75, 3.05) is 27.1 Å². The Bertz CT molecular complexity index is 5760. The number of aryl methyl sites for hydroxylation is 1. The summed E-state index contributed by atoms with van der Waals surface area (Å²) >= 11 is 17.5. The number of methoxy groups -OCH3 is 3. The van der Waals surface area contributed by atoms with Gasteiger partial charge in [-0.1, -0.05) is 125 Å². The van der Waals surface area contributed by atoms with E-state index in [1.807, 2.05) is 160 Å². The fourth-order valence-electron chi connectivity index (χ4n) is 12.1. The topological polar surface area (TPSA) is 208 Å². The molecule has 0 unspecified atom stereocenters. The molecule has 15 rings (SSSR count). The molecule has 122 heavy (non-hydrogen) atoms. The summed E-state index contributed by atoms with van der Waals surface area (Å²) in [5.74, 6) is 11.5. The van der Waals surface area contributed by atoms with E-state index in [9.17, 15) is 9.59 Å². The first-order valence-electron chi connectivity index (χ1n) is 37.4. The van der Waals surface area contributed by atoms with Crippen LogP contribution in [0.2, 0.25) is 0 Å². The second-order valence-electron chi connectivity index (χ2n) is 29.0. The number of nitrogen functional groups attached to an aromatic ring is 1. The molecule has 6 N–H and O–H groups in total. The van der Waals surface area contributed by atoms with E-state index >= 15 is 0 Å². The number of pyridine rings is 4. The van der Waals surface area contributed by atoms with Gasteiger partial charge in [0.15, 0.2) is 0 Å². The van der Waals surface area contributed by atoms with Gasteiger partial charge in [0.1, 0.15) is 28.5 Å². The summed E-state index contributed by atoms with van der Waals surface area (Å²) in [4.78, 5) is 43.0. The van der Waals surface area contributed by atoms with E-state index in [1.54, 1.807) is 82.3 Å². The third-order valence-corrected chi connectivity index (χ3v) is 22.0. The summed E-state index contributed by atoms with van der Waals surface area (Å²) in [6, 6.07) is 65.2. The van der Waals surface area contributed by atoms with E-state index in [-0.39, 0.29) is 38.2 Å². The monoisotopic (exact) mass is 1950 g/mol. The van der Waals surface area contributed by atoms with Crippen molar-refractivity contribution < 1.29 is 46.0 Å². The van der Waals surface area contributed by atoms with Gasteiger partial charge in [-0.2, -0.15) is 0 Å². The van der Waals surface area contributed by atoms with Crippen molar-refractivity contribution in [3.05, 3.63) is 295 Å². The predicted octanol–water partition coefficient (Wildman–Crippen LogP) is 26.4. The summed E-state index contributed by atoms with van der Waals surface area (Å²) in [5.41, 5.74) is 24.0. The van der Waals surface area contributed by atoms with E-state index in [1.165, 1.54) is 82.1 Å². The van der Waals surface area contributed by atoms with Gasteiger partial charge in [0.05, 0.1) is 47.1 Å². The van der Waals surface area contributed by atoms with Crippen LogP contribution >= 0.6 is 89.5 Å². The number of fused-ring (bicyclic) bond motifs is 4. The van der Waals surface area contributed by atoms with Crippen LogP contribution in [0.15, 0.2) is 269 Å². The molecule has 2 amide bonds. The molecule has 3 radical (unpaired) electrons. The second kappa shape index (κ2) is 50.4. The van der Waals surface area contributed by atoms with Crippen molar-refractivity contribution in [3.63, 3.8) is 0 Å². The SMILES string of the molecule is Brc1cc(-c2ccc3cnccc3c2)cs1.C.C.C.C#C[C@H](Cc1ccc(OC)cc1)NC(=O)OC(C)(C)C.COc1ccc(C[C@@H](C#Cc2cc(-c3ccc4cnccc4c3)cs2)NC(=O)OC(C)(C)C)cc1.COc1ccc(C[C@H](N)CCc2cc(-c3ccc4cnccc4c3)cs2)cc1.Nc1cc(-c2ccc3cnccc3c2)cs1.[2HH].[B].[Br][Cu][Br]. The number of aromatic nitrogens is 4. The van der Waals surface area contributed by atoms with Gasteiger partial charge in [0.25, 0.3) is 0 Å². The number of carbonyl (C=O) groups is 2. The van der Waals surface area contributed by atoms with Crippen LogP contribution < -0.4 is 36.3 Å². The first kappa shape index (κ1) is 101. The Morgan fingerprint density at radius 3 is 1.19 bits per heavy atom. The third-order valence-electron chi connectivity index (χ3n) is 17.9. The van der Waals surface area contributed by atoms with Crippen LogP contribution in [0.5, 0.6) is 17.2 Å². The summed E-state index contributed by atoms with van der Waals surface area (Å²) in [6.45, 7) is 10.9. The van der Waals surface area contributed by atoms with Gasteiger partial charge in [-0.05, 0) is 285 Å². The predicted molar refractivity (Wildman–Crippen MR) is 527 cm³/mol. The standard InChI is InChI=1S/C29H28N2O3S.C24H24N2OS.C16H21NO3.C13H8BrNS.C13H10N2S.3CH4.B.2BrH.Cu.H2/c1-29(2,3)34-28(32)31-25(15-20-5-10-26(33-4)11-6-20)9-12-27-17-24(19-35-27)21-7-8-23-18-30-14-13-22(23)16-21;1-27-23-7-2-17(3-8-23)12-22(25)6-9-24-14-21(16-28-24)18-4-5-20-15-26-11-10-19(20)13-18;1-6-13(17-15(18)20-16(2,3)4)11-12-7-9-14(19-5)10-8-12;2*14-13-6-12(8-16-13)9-1-2-11-7-15-4-3-10(11)5-9;;;;;;;;/h5-8,10-11,13-14,16-19,25H,15H2,1-4H3,(H,31,32);2-5,7-8,10-11,13-16,22H,6,9,12,25H2,1H3;1,7-10,13H,11H2,2-5H3,(H,17,18);1-8H;1-8H,14H2;3*1H4;;2*1H;;1H/q;;;;;;;;;;;+2;/p-2/t25-;22-;13-;;;;;;;;;;/m111........../s1/i;;;;;;;;;;;;1+1. The zero-order chi connectivity index (χ0) is 84.0. The number of nitrogens with zero attached hydrogens (tertiary/aromatic N) is 4. The number of nitrogens with one attached hydrogen (secondary N) is 2. The molecule has 0 spiro atoms. The third kappa shape index (κ3) is 32.6. The minimum atomic E-state index is -0.583. The first-order valence-corrected chi connectivity index (χ1v) is 46.4. The van der Waals surface area contributed by atoms with E-state index in [2.05, 4.69) is 223 Å². The van der Waals surface area contributed by atoms with Crippen LogP contribution in [0.3, 0.4) is 0 Å². The molecule has 0 aliphatic heterocycles. The Hall–Kier alpha value is -10.2. The minimum absolute atomic E-state index is 0. The number of thiophene rings is 4. The van der Waals surface area contributed by atoms with Gasteiger partial charge in [0.2, 0.25) is 0 Å². The molecule has 15 aromatic rings. The fourth-order valence-corrected chi connectivity index (χ4v) is 15.6. The molecule has 7 aromatic carbocycles. The number of hydrogen-bond donors (Lipinski definition) is 4. The van der Waals surface area contributed by atoms with Crippen molar-refractivity contribution >= 4 is 158 Å². The van der Waals surface area contributed by atoms with E-state index in [0.29, 0.717) is 12.8 Å². The Kier molecular flexibility index (Phi) is 41.6. The Morgan fingerprint density at radius 1 is 0.467 bits per heavy atom. The van der Waals surface area contributed by atoms with Gasteiger partial charge in [0, 0.05) is 110 Å². The van der Waals surface area contributed by atoms with Crippen LogP contribution in [-0.2, 0) is 46.5 Å². The maximum absolute atomic E-state index is 12.4. The number of halogens is 3. The molecule has 8 aromatic heterocycles. The molecule has 15 nitrogen and oxygen atoms in total. The van der Waals surface area contributed by atoms with Crippen LogP contribution in [0.25, 0.3) is 87.6 Å². The fraction of sp³-hybridized carbons (Fsp3) is 0.224. The molecular weight excluding hydrogens is 1840 g/mol. The average molecular weight is 1950 g/mol. The average Bonchev–Trinajstić information content (AvgIpc) is 1.33. The molecule has 0 bridgehead atoms. The zero-order valence-corrected chi connectivity index (χ0v) is 76.2. The molecule has 0 aliphatic carbocycles. The Morgan fingerprint density at radius 2 is 0.820 bits per heavy atom. The number of anilines is 1. The van der Waals surface area contributed by atoms with Crippen LogP contribution in [0.1, 0.15) is 98.1 Å². The van der Waals surface area contributed by atoms with Gasteiger partial charge >= 0.3 is 51.7 Å². The van der Waals surface area contributed by atoms with Gasteiger partial charge in [-0.25, -0.2) is 9.59 Å². The summed E-state index contributed by atoms with van der Waals surface area (Å²) in [5, 5.41) is 24.5. The van der Waals surface area contributed by atoms with Gasteiger partial charge in [-0.15, -0.1) is 51.8 Å². The molecule has 0 fully saturated rings. The molecule has 8 heterocycles. The number of terminal acetylenes is 1.